The predicted octanol–water partition coefficient (Wildman–Crippen LogP) is 1.41. The normalized spacial score (nSPS) is 10.9. The maximum absolute atomic E-state index is 7.72. The first kappa shape index (κ1) is 14.8. The van der Waals surface area contributed by atoms with Crippen molar-refractivity contribution in [2.45, 2.75) is 6.54 Å². The third-order valence-corrected chi connectivity index (χ3v) is 3.77. The monoisotopic (exact) mass is 309 g/mol. The van der Waals surface area contributed by atoms with E-state index in [0.717, 1.165) is 22.3 Å². The summed E-state index contributed by atoms with van der Waals surface area (Å²) in [6.07, 6.45) is 5.28. The van der Waals surface area contributed by atoms with Crippen LogP contribution in [0.4, 0.5) is 11.5 Å². The van der Waals surface area contributed by atoms with Crippen LogP contribution in [0.3, 0.4) is 0 Å². The molecular weight excluding hydrogens is 290 g/mol. The standard InChI is InChI=1S/C16H19N7/c1-22(2)11-6-10(16(19)21-7-11)8-23-9-12(15(17)18)14-13(23)4-3-5-20-14/h3-7,9H,8H2,1-2H3,(H3,17,18)(H2,19,21). The highest BCUT2D eigenvalue weighted by Crippen LogP contribution is 2.23. The zero-order valence-corrected chi connectivity index (χ0v) is 13.1. The van der Waals surface area contributed by atoms with E-state index in [9.17, 15) is 0 Å². The number of hydrogen-bond donors (Lipinski definition) is 3. The van der Waals surface area contributed by atoms with Crippen LogP contribution in [0.15, 0.2) is 36.8 Å². The van der Waals surface area contributed by atoms with Gasteiger partial charge < -0.3 is 20.9 Å². The number of nitrogens with two attached hydrogens (primary N) is 2. The number of hydrogen-bond acceptors (Lipinski definition) is 5. The van der Waals surface area contributed by atoms with E-state index in [1.807, 2.05) is 48.0 Å². The minimum Gasteiger partial charge on any atom is -0.384 e. The zero-order chi connectivity index (χ0) is 16.6. The summed E-state index contributed by atoms with van der Waals surface area (Å²) in [6.45, 7) is 0.538. The molecule has 0 amide bonds. The van der Waals surface area contributed by atoms with Gasteiger partial charge in [-0.25, -0.2) is 4.98 Å². The van der Waals surface area contributed by atoms with Gasteiger partial charge in [-0.05, 0) is 18.2 Å². The molecule has 23 heavy (non-hydrogen) atoms. The molecular formula is C16H19N7. The lowest BCUT2D eigenvalue weighted by Gasteiger charge is -2.15. The van der Waals surface area contributed by atoms with E-state index in [0.29, 0.717) is 17.9 Å². The van der Waals surface area contributed by atoms with Crippen LogP contribution < -0.4 is 16.4 Å². The van der Waals surface area contributed by atoms with Crippen LogP contribution in [0.2, 0.25) is 0 Å². The molecule has 3 aromatic rings. The van der Waals surface area contributed by atoms with Crippen LogP contribution >= 0.6 is 0 Å². The molecule has 0 aromatic carbocycles. The minimum atomic E-state index is 0.000546. The molecule has 0 aliphatic heterocycles. The van der Waals surface area contributed by atoms with Crippen molar-refractivity contribution in [1.29, 1.82) is 5.41 Å². The van der Waals surface area contributed by atoms with Crippen LogP contribution in [0.5, 0.6) is 0 Å². The molecule has 3 rings (SSSR count). The Kier molecular flexibility index (Phi) is 3.61. The van der Waals surface area contributed by atoms with Gasteiger partial charge in [-0.15, -0.1) is 0 Å². The number of rotatable bonds is 4. The second-order valence-corrected chi connectivity index (χ2v) is 5.59. The zero-order valence-electron chi connectivity index (χ0n) is 13.1. The highest BCUT2D eigenvalue weighted by Gasteiger charge is 2.13. The molecule has 0 saturated heterocycles. The van der Waals surface area contributed by atoms with Gasteiger partial charge in [-0.1, -0.05) is 0 Å². The molecule has 0 bridgehead atoms. The van der Waals surface area contributed by atoms with Gasteiger partial charge in [-0.2, -0.15) is 0 Å². The second kappa shape index (κ2) is 5.60. The van der Waals surface area contributed by atoms with Gasteiger partial charge in [0, 0.05) is 32.1 Å². The first-order valence-electron chi connectivity index (χ1n) is 7.17. The van der Waals surface area contributed by atoms with E-state index in [2.05, 4.69) is 9.97 Å². The second-order valence-electron chi connectivity index (χ2n) is 5.59. The van der Waals surface area contributed by atoms with Crippen molar-refractivity contribution in [2.75, 3.05) is 24.7 Å². The first-order chi connectivity index (χ1) is 11.0. The van der Waals surface area contributed by atoms with Crippen LogP contribution in [0.25, 0.3) is 11.0 Å². The van der Waals surface area contributed by atoms with Crippen molar-refractivity contribution in [1.82, 2.24) is 14.5 Å². The Morgan fingerprint density at radius 3 is 2.83 bits per heavy atom. The van der Waals surface area contributed by atoms with Crippen molar-refractivity contribution in [3.05, 3.63) is 47.9 Å². The summed E-state index contributed by atoms with van der Waals surface area (Å²) in [4.78, 5) is 10.6. The molecule has 3 aromatic heterocycles. The summed E-state index contributed by atoms with van der Waals surface area (Å²) in [5.41, 5.74) is 15.8. The number of nitrogen functional groups attached to an aromatic ring is 2. The molecule has 0 atom stereocenters. The van der Waals surface area contributed by atoms with E-state index in [-0.39, 0.29) is 5.84 Å². The van der Waals surface area contributed by atoms with Gasteiger partial charge >= 0.3 is 0 Å². The number of pyridine rings is 2. The lowest BCUT2D eigenvalue weighted by Crippen LogP contribution is -2.12. The third-order valence-electron chi connectivity index (χ3n) is 3.77. The fourth-order valence-corrected chi connectivity index (χ4v) is 2.51. The molecule has 0 radical (unpaired) electrons. The summed E-state index contributed by atoms with van der Waals surface area (Å²) in [5, 5.41) is 7.72. The van der Waals surface area contributed by atoms with Crippen molar-refractivity contribution in [3.63, 3.8) is 0 Å². The Morgan fingerprint density at radius 1 is 1.35 bits per heavy atom. The number of aromatic nitrogens is 3. The maximum atomic E-state index is 7.72. The summed E-state index contributed by atoms with van der Waals surface area (Å²) in [5.74, 6) is 0.492. The van der Waals surface area contributed by atoms with Gasteiger partial charge in [-0.3, -0.25) is 10.4 Å². The highest BCUT2D eigenvalue weighted by molar-refractivity contribution is 6.05. The van der Waals surface area contributed by atoms with E-state index < -0.39 is 0 Å². The Balaban J connectivity index is 2.09. The van der Waals surface area contributed by atoms with Gasteiger partial charge in [0.2, 0.25) is 0 Å². The van der Waals surface area contributed by atoms with Crippen molar-refractivity contribution in [3.8, 4) is 0 Å². The summed E-state index contributed by atoms with van der Waals surface area (Å²) in [6, 6.07) is 5.83. The SMILES string of the molecule is CN(C)c1cnc(N)c(Cn2cc(C(=N)N)c3ncccc32)c1. The molecule has 7 nitrogen and oxygen atoms in total. The molecule has 0 aliphatic rings. The Bertz CT molecular complexity index is 879. The van der Waals surface area contributed by atoms with Crippen molar-refractivity contribution in [2.24, 2.45) is 5.73 Å². The molecule has 0 aliphatic carbocycles. The first-order valence-corrected chi connectivity index (χ1v) is 7.17. The summed E-state index contributed by atoms with van der Waals surface area (Å²) in [7, 11) is 3.92. The number of nitrogens with zero attached hydrogens (tertiary/aromatic N) is 4. The maximum Gasteiger partial charge on any atom is 0.128 e. The van der Waals surface area contributed by atoms with Crippen molar-refractivity contribution < 1.29 is 0 Å². The Labute approximate surface area is 134 Å². The van der Waals surface area contributed by atoms with Gasteiger partial charge in [0.25, 0.3) is 0 Å². The average molecular weight is 309 g/mol. The van der Waals surface area contributed by atoms with Crippen LogP contribution in [0, 0.1) is 5.41 Å². The largest absolute Gasteiger partial charge is 0.384 e. The Hall–Kier alpha value is -3.09. The molecule has 0 spiro atoms. The quantitative estimate of drug-likeness (QED) is 0.498. The van der Waals surface area contributed by atoms with Gasteiger partial charge in [0.05, 0.1) is 35.0 Å². The van der Waals surface area contributed by atoms with E-state index >= 15 is 0 Å². The van der Waals surface area contributed by atoms with Crippen LogP contribution in [0.1, 0.15) is 11.1 Å². The molecule has 5 N–H and O–H groups in total. The number of nitrogens with one attached hydrogen (secondary N) is 1. The predicted molar refractivity (Wildman–Crippen MR) is 92.8 cm³/mol. The fraction of sp³-hybridized carbons (Fsp3) is 0.188. The van der Waals surface area contributed by atoms with Gasteiger partial charge in [0.1, 0.15) is 11.7 Å². The Morgan fingerprint density at radius 2 is 2.13 bits per heavy atom. The molecule has 7 heteroatoms. The third kappa shape index (κ3) is 2.68. The van der Waals surface area contributed by atoms with E-state index in [4.69, 9.17) is 16.9 Å². The van der Waals surface area contributed by atoms with Crippen LogP contribution in [-0.4, -0.2) is 34.5 Å². The van der Waals surface area contributed by atoms with Gasteiger partial charge in [0.15, 0.2) is 0 Å². The molecule has 0 saturated carbocycles. The smallest absolute Gasteiger partial charge is 0.128 e. The summed E-state index contributed by atoms with van der Waals surface area (Å²) < 4.78 is 1.99. The van der Waals surface area contributed by atoms with E-state index in [1.165, 1.54) is 0 Å². The topological polar surface area (TPSA) is 110 Å². The van der Waals surface area contributed by atoms with Crippen LogP contribution in [-0.2, 0) is 6.54 Å². The summed E-state index contributed by atoms with van der Waals surface area (Å²) >= 11 is 0. The molecule has 3 heterocycles. The molecule has 0 unspecified atom stereocenters. The average Bonchev–Trinajstić information content (AvgIpc) is 2.88. The lowest BCUT2D eigenvalue weighted by atomic mass is 10.2. The highest BCUT2D eigenvalue weighted by atomic mass is 15.1. The molecule has 0 fully saturated rings. The fourth-order valence-electron chi connectivity index (χ4n) is 2.51. The molecule has 118 valence electrons. The number of anilines is 2. The minimum absolute atomic E-state index is 0.000546. The van der Waals surface area contributed by atoms with E-state index in [1.54, 1.807) is 12.4 Å². The number of fused-ring (bicyclic) bond motifs is 1. The number of amidine groups is 1. The lowest BCUT2D eigenvalue weighted by molar-refractivity contribution is 0.832. The van der Waals surface area contributed by atoms with Crippen molar-refractivity contribution >= 4 is 28.4 Å².